The molecule has 0 radical (unpaired) electrons. The second-order valence-electron chi connectivity index (χ2n) is 8.73. The third kappa shape index (κ3) is 3.62. The van der Waals surface area contributed by atoms with Crippen LogP contribution in [0.15, 0.2) is 42.7 Å². The standard InChI is InChI=1S/C24H25ClN6O/c1-14(2)12-30-9-8-16-10-17(4-5-18(16)24(30)32)31-13-15(3)23(29-31)27-21-7-6-20-19(22(21)25)11-26-28-20/h4-7,10-11,13-14H,8-9,12H2,1-3H3,(H,26,28)(H,27,29). The Labute approximate surface area is 191 Å². The average Bonchev–Trinajstić information content (AvgIpc) is 3.39. The van der Waals surface area contributed by atoms with Gasteiger partial charge in [0, 0.05) is 35.8 Å². The van der Waals surface area contributed by atoms with Gasteiger partial charge in [-0.15, -0.1) is 5.10 Å². The molecular weight excluding hydrogens is 424 g/mol. The zero-order chi connectivity index (χ0) is 22.4. The minimum atomic E-state index is 0.120. The van der Waals surface area contributed by atoms with Crippen molar-refractivity contribution in [2.24, 2.45) is 5.92 Å². The van der Waals surface area contributed by atoms with Gasteiger partial charge in [-0.2, -0.15) is 5.10 Å². The largest absolute Gasteiger partial charge is 0.338 e. The van der Waals surface area contributed by atoms with E-state index in [1.54, 1.807) is 6.20 Å². The third-order valence-corrected chi connectivity index (χ3v) is 6.22. The maximum Gasteiger partial charge on any atom is 0.254 e. The second-order valence-corrected chi connectivity index (χ2v) is 9.10. The number of carbonyl (C=O) groups is 1. The highest BCUT2D eigenvalue weighted by Gasteiger charge is 2.25. The molecule has 2 N–H and O–H groups in total. The van der Waals surface area contributed by atoms with Gasteiger partial charge in [0.1, 0.15) is 0 Å². The first-order chi connectivity index (χ1) is 15.4. The number of aromatic amines is 1. The number of aryl methyl sites for hydroxylation is 1. The Balaban J connectivity index is 1.41. The van der Waals surface area contributed by atoms with Crippen LogP contribution in [0.3, 0.4) is 0 Å². The first-order valence-electron chi connectivity index (χ1n) is 10.8. The first kappa shape index (κ1) is 20.6. The molecule has 0 bridgehead atoms. The lowest BCUT2D eigenvalue weighted by molar-refractivity contribution is 0.0720. The molecule has 2 aromatic carbocycles. The number of H-pyrrole nitrogens is 1. The molecule has 32 heavy (non-hydrogen) atoms. The summed E-state index contributed by atoms with van der Waals surface area (Å²) < 4.78 is 1.84. The van der Waals surface area contributed by atoms with Crippen LogP contribution in [0.4, 0.5) is 11.5 Å². The van der Waals surface area contributed by atoms with Gasteiger partial charge < -0.3 is 10.2 Å². The number of rotatable bonds is 5. The van der Waals surface area contributed by atoms with E-state index in [1.807, 2.05) is 47.0 Å². The molecule has 164 valence electrons. The number of hydrogen-bond acceptors (Lipinski definition) is 4. The molecule has 3 heterocycles. The lowest BCUT2D eigenvalue weighted by Crippen LogP contribution is -2.39. The molecule has 0 saturated carbocycles. The van der Waals surface area contributed by atoms with Crippen molar-refractivity contribution in [2.45, 2.75) is 27.2 Å². The number of hydrogen-bond donors (Lipinski definition) is 2. The Morgan fingerprint density at radius 1 is 1.25 bits per heavy atom. The second kappa shape index (κ2) is 7.98. The highest BCUT2D eigenvalue weighted by Crippen LogP contribution is 2.32. The number of nitrogens with zero attached hydrogens (tertiary/aromatic N) is 4. The number of halogens is 1. The van der Waals surface area contributed by atoms with Crippen molar-refractivity contribution in [2.75, 3.05) is 18.4 Å². The fraction of sp³-hybridized carbons (Fsp3) is 0.292. The highest BCUT2D eigenvalue weighted by atomic mass is 35.5. The van der Waals surface area contributed by atoms with Crippen LogP contribution in [0.25, 0.3) is 16.6 Å². The van der Waals surface area contributed by atoms with Crippen molar-refractivity contribution < 1.29 is 4.79 Å². The Morgan fingerprint density at radius 2 is 2.09 bits per heavy atom. The molecule has 0 atom stereocenters. The molecule has 0 saturated heterocycles. The van der Waals surface area contributed by atoms with Gasteiger partial charge in [0.15, 0.2) is 5.82 Å². The monoisotopic (exact) mass is 448 g/mol. The van der Waals surface area contributed by atoms with Gasteiger partial charge in [0.25, 0.3) is 5.91 Å². The lowest BCUT2D eigenvalue weighted by atomic mass is 9.97. The topological polar surface area (TPSA) is 78.8 Å². The van der Waals surface area contributed by atoms with Crippen LogP contribution < -0.4 is 5.32 Å². The van der Waals surface area contributed by atoms with Crippen LogP contribution in [0.1, 0.15) is 35.3 Å². The van der Waals surface area contributed by atoms with Gasteiger partial charge in [-0.3, -0.25) is 9.89 Å². The summed E-state index contributed by atoms with van der Waals surface area (Å²) in [6.45, 7) is 7.83. The molecule has 0 unspecified atom stereocenters. The number of aromatic nitrogens is 4. The minimum absolute atomic E-state index is 0.120. The Bertz CT molecular complexity index is 1320. The van der Waals surface area contributed by atoms with Crippen molar-refractivity contribution in [3.05, 3.63) is 64.4 Å². The summed E-state index contributed by atoms with van der Waals surface area (Å²) in [5.74, 6) is 1.31. The van der Waals surface area contributed by atoms with E-state index < -0.39 is 0 Å². The molecule has 1 amide bonds. The van der Waals surface area contributed by atoms with E-state index in [0.29, 0.717) is 10.9 Å². The fourth-order valence-corrected chi connectivity index (χ4v) is 4.46. The smallest absolute Gasteiger partial charge is 0.254 e. The van der Waals surface area contributed by atoms with E-state index in [9.17, 15) is 4.79 Å². The van der Waals surface area contributed by atoms with Crippen LogP contribution in [0, 0.1) is 12.8 Å². The van der Waals surface area contributed by atoms with Crippen LogP contribution in [0.2, 0.25) is 5.02 Å². The van der Waals surface area contributed by atoms with E-state index in [0.717, 1.165) is 64.3 Å². The third-order valence-electron chi connectivity index (χ3n) is 5.82. The molecule has 2 aromatic heterocycles. The van der Waals surface area contributed by atoms with Gasteiger partial charge in [-0.1, -0.05) is 25.4 Å². The lowest BCUT2D eigenvalue weighted by Gasteiger charge is -2.30. The number of fused-ring (bicyclic) bond motifs is 2. The van der Waals surface area contributed by atoms with Crippen LogP contribution in [0.5, 0.6) is 0 Å². The predicted octanol–water partition coefficient (Wildman–Crippen LogP) is 5.11. The molecule has 5 rings (SSSR count). The summed E-state index contributed by atoms with van der Waals surface area (Å²) in [7, 11) is 0. The van der Waals surface area contributed by atoms with E-state index in [1.165, 1.54) is 0 Å². The number of benzene rings is 2. The number of anilines is 2. The quantitative estimate of drug-likeness (QED) is 0.444. The van der Waals surface area contributed by atoms with E-state index >= 15 is 0 Å². The Morgan fingerprint density at radius 3 is 2.91 bits per heavy atom. The molecule has 1 aliphatic rings. The summed E-state index contributed by atoms with van der Waals surface area (Å²) in [5, 5.41) is 16.5. The van der Waals surface area contributed by atoms with Crippen molar-refractivity contribution in [3.8, 4) is 5.69 Å². The van der Waals surface area contributed by atoms with E-state index in [-0.39, 0.29) is 5.91 Å². The molecular formula is C24H25ClN6O. The first-order valence-corrected chi connectivity index (χ1v) is 11.2. The number of carbonyl (C=O) groups excluding carboxylic acids is 1. The van der Waals surface area contributed by atoms with Crippen LogP contribution >= 0.6 is 11.6 Å². The van der Waals surface area contributed by atoms with Gasteiger partial charge >= 0.3 is 0 Å². The molecule has 1 aliphatic heterocycles. The van der Waals surface area contributed by atoms with Gasteiger partial charge in [-0.25, -0.2) is 4.68 Å². The van der Waals surface area contributed by atoms with Gasteiger partial charge in [0.2, 0.25) is 0 Å². The van der Waals surface area contributed by atoms with Crippen molar-refractivity contribution in [1.82, 2.24) is 24.9 Å². The fourth-order valence-electron chi connectivity index (χ4n) is 4.20. The van der Waals surface area contributed by atoms with Gasteiger partial charge in [-0.05, 0) is 55.2 Å². The summed E-state index contributed by atoms with van der Waals surface area (Å²) in [4.78, 5) is 14.8. The predicted molar refractivity (Wildman–Crippen MR) is 127 cm³/mol. The van der Waals surface area contributed by atoms with Crippen molar-refractivity contribution in [1.29, 1.82) is 0 Å². The summed E-state index contributed by atoms with van der Waals surface area (Å²) >= 11 is 6.55. The van der Waals surface area contributed by atoms with Crippen molar-refractivity contribution in [3.63, 3.8) is 0 Å². The number of nitrogens with one attached hydrogen (secondary N) is 2. The molecule has 4 aromatic rings. The highest BCUT2D eigenvalue weighted by molar-refractivity contribution is 6.38. The summed E-state index contributed by atoms with van der Waals surface area (Å²) in [6.07, 6.45) is 4.54. The van der Waals surface area contributed by atoms with Crippen molar-refractivity contribution >= 4 is 39.9 Å². The zero-order valence-corrected chi connectivity index (χ0v) is 19.1. The Kier molecular flexibility index (Phi) is 5.13. The summed E-state index contributed by atoms with van der Waals surface area (Å²) in [6, 6.07) is 9.80. The molecule has 0 fully saturated rings. The van der Waals surface area contributed by atoms with Crippen LogP contribution in [-0.2, 0) is 6.42 Å². The minimum Gasteiger partial charge on any atom is -0.338 e. The molecule has 8 heteroatoms. The average molecular weight is 449 g/mol. The molecule has 0 aliphatic carbocycles. The molecule has 7 nitrogen and oxygen atoms in total. The summed E-state index contributed by atoms with van der Waals surface area (Å²) in [5.41, 5.74) is 5.45. The Hall–Kier alpha value is -3.32. The zero-order valence-electron chi connectivity index (χ0n) is 18.3. The molecule has 0 spiro atoms. The maximum atomic E-state index is 12.8. The number of amides is 1. The van der Waals surface area contributed by atoms with E-state index in [4.69, 9.17) is 16.7 Å². The maximum absolute atomic E-state index is 12.8. The van der Waals surface area contributed by atoms with Gasteiger partial charge in [0.05, 0.1) is 28.1 Å². The SMILES string of the molecule is Cc1cn(-c2ccc3c(c2)CCN(CC(C)C)C3=O)nc1Nc1ccc2[nH]ncc2c1Cl. The van der Waals surface area contributed by atoms with Crippen LogP contribution in [-0.4, -0.2) is 43.9 Å². The normalized spacial score (nSPS) is 13.8. The van der Waals surface area contributed by atoms with E-state index in [2.05, 4.69) is 35.4 Å².